The second kappa shape index (κ2) is 8.01. The number of aromatic nitrogens is 5. The summed E-state index contributed by atoms with van der Waals surface area (Å²) in [6.45, 7) is 2.17. The molecule has 0 atom stereocenters. The van der Waals surface area contributed by atoms with Crippen LogP contribution in [0.5, 0.6) is 11.5 Å². The molecule has 0 amide bonds. The van der Waals surface area contributed by atoms with Gasteiger partial charge in [-0.25, -0.2) is 8.91 Å². The Hall–Kier alpha value is -4.27. The van der Waals surface area contributed by atoms with Gasteiger partial charge in [0.05, 0.1) is 32.0 Å². The molecular formula is C24H20FN5O3. The number of nitrogens with zero attached hydrogens (tertiary/aromatic N) is 5. The predicted octanol–water partition coefficient (Wildman–Crippen LogP) is 3.62. The van der Waals surface area contributed by atoms with Gasteiger partial charge in [0.2, 0.25) is 0 Å². The average molecular weight is 445 g/mol. The zero-order chi connectivity index (χ0) is 23.1. The van der Waals surface area contributed by atoms with Gasteiger partial charge in [0.25, 0.3) is 5.56 Å². The highest BCUT2D eigenvalue weighted by atomic mass is 19.1. The van der Waals surface area contributed by atoms with Gasteiger partial charge in [-0.1, -0.05) is 18.2 Å². The maximum Gasteiger partial charge on any atom is 0.280 e. The van der Waals surface area contributed by atoms with E-state index in [0.29, 0.717) is 34.9 Å². The molecule has 0 aliphatic carbocycles. The highest BCUT2D eigenvalue weighted by molar-refractivity contribution is 5.84. The van der Waals surface area contributed by atoms with E-state index < -0.39 is 0 Å². The molecule has 3 aromatic heterocycles. The fourth-order valence-electron chi connectivity index (χ4n) is 3.95. The summed E-state index contributed by atoms with van der Waals surface area (Å²) in [6.07, 6.45) is 1.71. The lowest BCUT2D eigenvalue weighted by atomic mass is 10.1. The van der Waals surface area contributed by atoms with Gasteiger partial charge in [-0.3, -0.25) is 4.79 Å². The van der Waals surface area contributed by atoms with E-state index in [1.807, 2.05) is 19.1 Å². The molecule has 0 bridgehead atoms. The van der Waals surface area contributed by atoms with Gasteiger partial charge in [-0.2, -0.15) is 5.10 Å². The topological polar surface area (TPSA) is 83.5 Å². The minimum atomic E-state index is -0.320. The SMILES string of the molecule is COc1ccc(Cn2ccc3c(nnc4c(-c5ccc(F)cc5)c(C)nn43)c2=O)cc1OC. The van der Waals surface area contributed by atoms with E-state index in [1.165, 1.54) is 12.1 Å². The molecule has 166 valence electrons. The summed E-state index contributed by atoms with van der Waals surface area (Å²) in [4.78, 5) is 13.2. The van der Waals surface area contributed by atoms with Crippen molar-refractivity contribution in [2.24, 2.45) is 0 Å². The van der Waals surface area contributed by atoms with Crippen molar-refractivity contribution in [3.05, 3.63) is 82.2 Å². The van der Waals surface area contributed by atoms with Crippen molar-refractivity contribution in [2.75, 3.05) is 14.2 Å². The van der Waals surface area contributed by atoms with Crippen molar-refractivity contribution >= 4 is 16.7 Å². The Balaban J connectivity index is 1.60. The number of benzene rings is 2. The second-order valence-electron chi connectivity index (χ2n) is 7.57. The summed E-state index contributed by atoms with van der Waals surface area (Å²) in [5, 5.41) is 13.1. The molecule has 9 heteroatoms. The molecular weight excluding hydrogens is 425 g/mol. The van der Waals surface area contributed by atoms with Gasteiger partial charge in [0, 0.05) is 6.20 Å². The number of ether oxygens (including phenoxy) is 2. The van der Waals surface area contributed by atoms with Crippen molar-refractivity contribution < 1.29 is 13.9 Å². The lowest BCUT2D eigenvalue weighted by Crippen LogP contribution is -2.22. The average Bonchev–Trinajstić information content (AvgIpc) is 3.17. The third-order valence-corrected chi connectivity index (χ3v) is 5.56. The zero-order valence-corrected chi connectivity index (χ0v) is 18.2. The zero-order valence-electron chi connectivity index (χ0n) is 18.2. The Morgan fingerprint density at radius 2 is 1.73 bits per heavy atom. The predicted molar refractivity (Wildman–Crippen MR) is 121 cm³/mol. The number of pyridine rings is 1. The van der Waals surface area contributed by atoms with E-state index in [-0.39, 0.29) is 16.9 Å². The highest BCUT2D eigenvalue weighted by Gasteiger charge is 2.17. The normalized spacial score (nSPS) is 11.3. The van der Waals surface area contributed by atoms with Crippen LogP contribution in [-0.2, 0) is 6.54 Å². The summed E-state index contributed by atoms with van der Waals surface area (Å²) in [6, 6.07) is 13.4. The molecule has 3 heterocycles. The smallest absolute Gasteiger partial charge is 0.280 e. The molecule has 0 fully saturated rings. The van der Waals surface area contributed by atoms with Gasteiger partial charge >= 0.3 is 0 Å². The Bertz CT molecular complexity index is 1560. The van der Waals surface area contributed by atoms with Crippen molar-refractivity contribution in [3.8, 4) is 22.6 Å². The van der Waals surface area contributed by atoms with Crippen molar-refractivity contribution in [3.63, 3.8) is 0 Å². The summed E-state index contributed by atoms with van der Waals surface area (Å²) >= 11 is 0. The van der Waals surface area contributed by atoms with Crippen LogP contribution in [0.1, 0.15) is 11.3 Å². The number of rotatable bonds is 5. The first kappa shape index (κ1) is 20.6. The quantitative estimate of drug-likeness (QED) is 0.411. The van der Waals surface area contributed by atoms with E-state index in [2.05, 4.69) is 15.3 Å². The molecule has 0 radical (unpaired) electrons. The highest BCUT2D eigenvalue weighted by Crippen LogP contribution is 2.29. The number of hydrogen-bond donors (Lipinski definition) is 0. The maximum atomic E-state index is 13.4. The van der Waals surface area contributed by atoms with Crippen molar-refractivity contribution in [2.45, 2.75) is 13.5 Å². The van der Waals surface area contributed by atoms with Crippen LogP contribution in [0.3, 0.4) is 0 Å². The van der Waals surface area contributed by atoms with E-state index >= 15 is 0 Å². The first-order chi connectivity index (χ1) is 16.0. The molecule has 0 N–H and O–H groups in total. The molecule has 0 unspecified atom stereocenters. The minimum absolute atomic E-state index is 0.207. The second-order valence-corrected chi connectivity index (χ2v) is 7.57. The molecule has 2 aromatic carbocycles. The number of hydrogen-bond acceptors (Lipinski definition) is 6. The largest absolute Gasteiger partial charge is 0.493 e. The fourth-order valence-corrected chi connectivity index (χ4v) is 3.95. The van der Waals surface area contributed by atoms with Crippen LogP contribution in [0.15, 0.2) is 59.5 Å². The molecule has 0 saturated carbocycles. The van der Waals surface area contributed by atoms with Crippen LogP contribution in [0.2, 0.25) is 0 Å². The van der Waals surface area contributed by atoms with Gasteiger partial charge in [-0.05, 0) is 48.4 Å². The van der Waals surface area contributed by atoms with Crippen molar-refractivity contribution in [1.82, 2.24) is 24.4 Å². The third kappa shape index (κ3) is 3.47. The van der Waals surface area contributed by atoms with Crippen LogP contribution < -0.4 is 15.0 Å². The van der Waals surface area contributed by atoms with Gasteiger partial charge in [-0.15, -0.1) is 10.2 Å². The molecule has 5 rings (SSSR count). The van der Waals surface area contributed by atoms with E-state index in [4.69, 9.17) is 9.47 Å². The molecule has 5 aromatic rings. The molecule has 0 aliphatic heterocycles. The Morgan fingerprint density at radius 1 is 0.970 bits per heavy atom. The summed E-state index contributed by atoms with van der Waals surface area (Å²) in [5.74, 6) is 0.886. The van der Waals surface area contributed by atoms with Crippen LogP contribution in [0, 0.1) is 12.7 Å². The van der Waals surface area contributed by atoms with Crippen LogP contribution >= 0.6 is 0 Å². The standard InChI is InChI=1S/C24H20FN5O3/c1-14-21(16-5-7-17(25)8-6-16)23-27-26-22-18(30(23)28-14)10-11-29(24(22)31)13-15-4-9-19(32-2)20(12-15)33-3/h4-12H,13H2,1-3H3. The number of fused-ring (bicyclic) bond motifs is 3. The Morgan fingerprint density at radius 3 is 2.45 bits per heavy atom. The van der Waals surface area contributed by atoms with Gasteiger partial charge < -0.3 is 14.0 Å². The van der Waals surface area contributed by atoms with E-state index in [9.17, 15) is 9.18 Å². The number of aryl methyl sites for hydroxylation is 1. The van der Waals surface area contributed by atoms with Crippen LogP contribution in [0.25, 0.3) is 27.8 Å². The first-order valence-corrected chi connectivity index (χ1v) is 10.2. The molecule has 0 saturated heterocycles. The Labute approximate surface area is 187 Å². The van der Waals surface area contributed by atoms with Crippen LogP contribution in [-0.4, -0.2) is 38.6 Å². The van der Waals surface area contributed by atoms with Gasteiger partial charge in [0.1, 0.15) is 11.3 Å². The Kier molecular flexibility index (Phi) is 5.01. The lowest BCUT2D eigenvalue weighted by molar-refractivity contribution is 0.354. The monoisotopic (exact) mass is 445 g/mol. The van der Waals surface area contributed by atoms with Gasteiger partial charge in [0.15, 0.2) is 22.7 Å². The molecule has 8 nitrogen and oxygen atoms in total. The molecule has 0 spiro atoms. The van der Waals surface area contributed by atoms with E-state index in [1.54, 1.807) is 53.8 Å². The third-order valence-electron chi connectivity index (χ3n) is 5.56. The fraction of sp³-hybridized carbons (Fsp3) is 0.167. The van der Waals surface area contributed by atoms with Crippen molar-refractivity contribution in [1.29, 1.82) is 0 Å². The minimum Gasteiger partial charge on any atom is -0.493 e. The molecule has 33 heavy (non-hydrogen) atoms. The summed E-state index contributed by atoms with van der Waals surface area (Å²) in [7, 11) is 3.14. The maximum absolute atomic E-state index is 13.4. The number of halogens is 1. The lowest BCUT2D eigenvalue weighted by Gasteiger charge is -2.11. The van der Waals surface area contributed by atoms with E-state index in [0.717, 1.165) is 16.7 Å². The summed E-state index contributed by atoms with van der Waals surface area (Å²) < 4.78 is 27.2. The molecule has 0 aliphatic rings. The first-order valence-electron chi connectivity index (χ1n) is 10.2. The van der Waals surface area contributed by atoms with Crippen LogP contribution in [0.4, 0.5) is 4.39 Å². The number of methoxy groups -OCH3 is 2. The summed E-state index contributed by atoms with van der Waals surface area (Å²) in [5.41, 5.74) is 4.08.